The summed E-state index contributed by atoms with van der Waals surface area (Å²) in [6, 6.07) is 17.7. The number of hydrogen-bond donors (Lipinski definition) is 0. The van der Waals surface area contributed by atoms with Crippen molar-refractivity contribution in [2.45, 2.75) is 155 Å². The summed E-state index contributed by atoms with van der Waals surface area (Å²) in [5.41, 5.74) is 2.46. The highest BCUT2D eigenvalue weighted by molar-refractivity contribution is 6.05. The minimum Gasteiger partial charge on any atom is -0.252 e. The SMILES string of the molecule is CCCCCCCCCCCCC(CCCCCCCCCC)CCc1ccc2ccc3ccccc3c2n1. The number of benzene rings is 2. The van der Waals surface area contributed by atoms with Gasteiger partial charge in [-0.2, -0.15) is 0 Å². The normalized spacial score (nSPS) is 12.5. The van der Waals surface area contributed by atoms with E-state index in [1.807, 2.05) is 0 Å². The van der Waals surface area contributed by atoms with Crippen LogP contribution in [0, 0.1) is 5.92 Å². The molecule has 0 aliphatic heterocycles. The van der Waals surface area contributed by atoms with Crippen molar-refractivity contribution in [3.8, 4) is 0 Å². The highest BCUT2D eigenvalue weighted by Gasteiger charge is 2.11. The lowest BCUT2D eigenvalue weighted by atomic mass is 9.89. The Morgan fingerprint density at radius 2 is 0.974 bits per heavy atom. The van der Waals surface area contributed by atoms with Crippen LogP contribution in [-0.4, -0.2) is 4.98 Å². The van der Waals surface area contributed by atoms with Gasteiger partial charge in [-0.05, 0) is 30.2 Å². The molecule has 3 aromatic rings. The van der Waals surface area contributed by atoms with Gasteiger partial charge in [0.2, 0.25) is 0 Å². The van der Waals surface area contributed by atoms with Crippen molar-refractivity contribution in [1.29, 1.82) is 0 Å². The number of aromatic nitrogens is 1. The second-order valence-corrected chi connectivity index (χ2v) is 12.3. The topological polar surface area (TPSA) is 12.9 Å². The van der Waals surface area contributed by atoms with E-state index in [2.05, 4.69) is 62.4 Å². The van der Waals surface area contributed by atoms with Crippen LogP contribution in [0.25, 0.3) is 21.7 Å². The van der Waals surface area contributed by atoms with E-state index in [1.165, 1.54) is 162 Å². The molecule has 1 atom stereocenters. The van der Waals surface area contributed by atoms with E-state index >= 15 is 0 Å². The van der Waals surface area contributed by atoms with Crippen LogP contribution in [0.1, 0.15) is 154 Å². The number of aryl methyl sites for hydroxylation is 1. The highest BCUT2D eigenvalue weighted by Crippen LogP contribution is 2.27. The van der Waals surface area contributed by atoms with Crippen molar-refractivity contribution in [3.63, 3.8) is 0 Å². The number of nitrogens with zero attached hydrogens (tertiary/aromatic N) is 1. The first-order chi connectivity index (χ1) is 19.3. The van der Waals surface area contributed by atoms with Crippen LogP contribution in [-0.2, 0) is 6.42 Å². The van der Waals surface area contributed by atoms with Crippen molar-refractivity contribution < 1.29 is 0 Å². The van der Waals surface area contributed by atoms with Gasteiger partial charge in [-0.3, -0.25) is 4.98 Å². The van der Waals surface area contributed by atoms with Crippen molar-refractivity contribution >= 4 is 21.7 Å². The molecule has 1 heteroatoms. The van der Waals surface area contributed by atoms with Crippen molar-refractivity contribution in [3.05, 3.63) is 54.2 Å². The van der Waals surface area contributed by atoms with Crippen molar-refractivity contribution in [2.24, 2.45) is 5.92 Å². The summed E-state index contributed by atoms with van der Waals surface area (Å²) in [4.78, 5) is 5.18. The quantitative estimate of drug-likeness (QED) is 0.0879. The molecular formula is C38H59N. The van der Waals surface area contributed by atoms with Gasteiger partial charge in [0, 0.05) is 16.5 Å². The smallest absolute Gasteiger partial charge is 0.0783 e. The fourth-order valence-electron chi connectivity index (χ4n) is 6.31. The second kappa shape index (κ2) is 20.1. The molecule has 39 heavy (non-hydrogen) atoms. The zero-order valence-corrected chi connectivity index (χ0v) is 25.7. The summed E-state index contributed by atoms with van der Waals surface area (Å²) in [5, 5.41) is 3.85. The molecule has 216 valence electrons. The van der Waals surface area contributed by atoms with E-state index in [4.69, 9.17) is 4.98 Å². The summed E-state index contributed by atoms with van der Waals surface area (Å²) in [7, 11) is 0. The predicted molar refractivity (Wildman–Crippen MR) is 175 cm³/mol. The Balaban J connectivity index is 1.44. The molecule has 0 spiro atoms. The molecule has 0 fully saturated rings. The van der Waals surface area contributed by atoms with Crippen LogP contribution in [0.2, 0.25) is 0 Å². The Morgan fingerprint density at radius 3 is 1.56 bits per heavy atom. The molecule has 0 amide bonds. The summed E-state index contributed by atoms with van der Waals surface area (Å²) >= 11 is 0. The van der Waals surface area contributed by atoms with Gasteiger partial charge in [0.15, 0.2) is 0 Å². The van der Waals surface area contributed by atoms with Gasteiger partial charge in [0.05, 0.1) is 5.52 Å². The zero-order chi connectivity index (χ0) is 27.4. The minimum absolute atomic E-state index is 0.865. The summed E-state index contributed by atoms with van der Waals surface area (Å²) in [6.07, 6.45) is 31.0. The van der Waals surface area contributed by atoms with E-state index < -0.39 is 0 Å². The molecule has 3 rings (SSSR count). The minimum atomic E-state index is 0.865. The van der Waals surface area contributed by atoms with Crippen LogP contribution in [0.4, 0.5) is 0 Å². The van der Waals surface area contributed by atoms with E-state index in [1.54, 1.807) is 0 Å². The third-order valence-corrected chi connectivity index (χ3v) is 8.88. The Morgan fingerprint density at radius 1 is 0.487 bits per heavy atom. The molecule has 0 saturated carbocycles. The Kier molecular flexibility index (Phi) is 16.3. The monoisotopic (exact) mass is 529 g/mol. The molecule has 0 radical (unpaired) electrons. The lowest BCUT2D eigenvalue weighted by Crippen LogP contribution is -2.04. The van der Waals surface area contributed by atoms with Gasteiger partial charge in [-0.25, -0.2) is 0 Å². The molecule has 0 N–H and O–H groups in total. The van der Waals surface area contributed by atoms with Crippen LogP contribution < -0.4 is 0 Å². The lowest BCUT2D eigenvalue weighted by Gasteiger charge is -2.17. The molecule has 1 heterocycles. The van der Waals surface area contributed by atoms with Gasteiger partial charge >= 0.3 is 0 Å². The maximum Gasteiger partial charge on any atom is 0.0783 e. The molecule has 2 aromatic carbocycles. The molecule has 0 saturated heterocycles. The summed E-state index contributed by atoms with van der Waals surface area (Å²) in [5.74, 6) is 0.865. The molecular weight excluding hydrogens is 470 g/mol. The molecule has 1 aromatic heterocycles. The Bertz CT molecular complexity index is 1020. The third kappa shape index (κ3) is 12.4. The van der Waals surface area contributed by atoms with Gasteiger partial charge in [-0.15, -0.1) is 0 Å². The van der Waals surface area contributed by atoms with Crippen LogP contribution in [0.15, 0.2) is 48.5 Å². The maximum atomic E-state index is 5.18. The number of hydrogen-bond acceptors (Lipinski definition) is 1. The van der Waals surface area contributed by atoms with E-state index in [0.717, 1.165) is 12.3 Å². The third-order valence-electron chi connectivity index (χ3n) is 8.88. The van der Waals surface area contributed by atoms with E-state index in [0.29, 0.717) is 0 Å². The van der Waals surface area contributed by atoms with Crippen molar-refractivity contribution in [1.82, 2.24) is 4.98 Å². The zero-order valence-electron chi connectivity index (χ0n) is 25.7. The summed E-state index contributed by atoms with van der Waals surface area (Å²) < 4.78 is 0. The largest absolute Gasteiger partial charge is 0.252 e. The Hall–Kier alpha value is -1.89. The molecule has 0 aliphatic rings. The first-order valence-corrected chi connectivity index (χ1v) is 17.1. The van der Waals surface area contributed by atoms with Gasteiger partial charge in [0.25, 0.3) is 0 Å². The summed E-state index contributed by atoms with van der Waals surface area (Å²) in [6.45, 7) is 4.62. The highest BCUT2D eigenvalue weighted by atomic mass is 14.7. The fourth-order valence-corrected chi connectivity index (χ4v) is 6.31. The second-order valence-electron chi connectivity index (χ2n) is 12.3. The standard InChI is InChI=1S/C38H59N/c1-3-5-7-9-11-13-14-16-18-20-24-33(23-19-17-15-12-10-8-6-4-2)27-31-36-32-30-35-29-28-34-25-21-22-26-37(34)38(35)39-36/h21-22,25-26,28-30,32-33H,3-20,23-24,27,31H2,1-2H3. The molecule has 1 nitrogen and oxygen atoms in total. The Labute approximate surface area is 241 Å². The number of fused-ring (bicyclic) bond motifs is 3. The van der Waals surface area contributed by atoms with E-state index in [9.17, 15) is 0 Å². The van der Waals surface area contributed by atoms with Crippen LogP contribution >= 0.6 is 0 Å². The van der Waals surface area contributed by atoms with Crippen molar-refractivity contribution in [2.75, 3.05) is 0 Å². The van der Waals surface area contributed by atoms with Gasteiger partial charge in [0.1, 0.15) is 0 Å². The van der Waals surface area contributed by atoms with Gasteiger partial charge < -0.3 is 0 Å². The average molecular weight is 530 g/mol. The van der Waals surface area contributed by atoms with Crippen LogP contribution in [0.3, 0.4) is 0 Å². The first-order valence-electron chi connectivity index (χ1n) is 17.1. The maximum absolute atomic E-state index is 5.18. The fraction of sp³-hybridized carbons (Fsp3) is 0.658. The molecule has 0 bridgehead atoms. The predicted octanol–water partition coefficient (Wildman–Crippen LogP) is 12.8. The number of rotatable bonds is 23. The lowest BCUT2D eigenvalue weighted by molar-refractivity contribution is 0.379. The average Bonchev–Trinajstić information content (AvgIpc) is 2.97. The number of unbranched alkanes of at least 4 members (excludes halogenated alkanes) is 16. The molecule has 0 aliphatic carbocycles. The molecule has 1 unspecified atom stereocenters. The van der Waals surface area contributed by atoms with Crippen LogP contribution in [0.5, 0.6) is 0 Å². The van der Waals surface area contributed by atoms with E-state index in [-0.39, 0.29) is 0 Å². The first kappa shape index (κ1) is 31.6. The number of pyridine rings is 1. The van der Waals surface area contributed by atoms with Gasteiger partial charge in [-0.1, -0.05) is 185 Å².